The number of rotatable bonds is 3. The van der Waals surface area contributed by atoms with Crippen molar-refractivity contribution in [3.8, 4) is 0 Å². The number of nitrogens with one attached hydrogen (secondary N) is 1. The number of carbonyl (C=O) groups excluding carboxylic acids is 2. The lowest BCUT2D eigenvalue weighted by molar-refractivity contribution is 0.0996. The summed E-state index contributed by atoms with van der Waals surface area (Å²) in [6, 6.07) is 13.8. The lowest BCUT2D eigenvalue weighted by Gasteiger charge is -2.06. The summed E-state index contributed by atoms with van der Waals surface area (Å²) in [5, 5.41) is 2.73. The number of primary amides is 1. The highest BCUT2D eigenvalue weighted by Crippen LogP contribution is 2.12. The SMILES string of the molecule is Cc1cccc(C(=O)Nc2cccc(C(N)=O)c2)c1. The molecule has 0 aliphatic rings. The summed E-state index contributed by atoms with van der Waals surface area (Å²) in [6.45, 7) is 1.92. The zero-order valence-electron chi connectivity index (χ0n) is 10.5. The van der Waals surface area contributed by atoms with Gasteiger partial charge in [-0.15, -0.1) is 0 Å². The van der Waals surface area contributed by atoms with Crippen LogP contribution in [-0.4, -0.2) is 11.8 Å². The Balaban J connectivity index is 2.19. The van der Waals surface area contributed by atoms with Crippen LogP contribution in [0.3, 0.4) is 0 Å². The van der Waals surface area contributed by atoms with Crippen molar-refractivity contribution in [2.45, 2.75) is 6.92 Å². The van der Waals surface area contributed by atoms with Crippen LogP contribution >= 0.6 is 0 Å². The van der Waals surface area contributed by atoms with Crippen molar-refractivity contribution in [1.29, 1.82) is 0 Å². The Morgan fingerprint density at radius 1 is 1.00 bits per heavy atom. The molecule has 19 heavy (non-hydrogen) atoms. The van der Waals surface area contributed by atoms with Gasteiger partial charge in [0.25, 0.3) is 5.91 Å². The molecule has 0 saturated heterocycles. The van der Waals surface area contributed by atoms with Crippen LogP contribution in [0.4, 0.5) is 5.69 Å². The number of anilines is 1. The maximum Gasteiger partial charge on any atom is 0.255 e. The van der Waals surface area contributed by atoms with Crippen LogP contribution in [0.2, 0.25) is 0 Å². The Kier molecular flexibility index (Phi) is 3.61. The van der Waals surface area contributed by atoms with Crippen LogP contribution in [-0.2, 0) is 0 Å². The molecular formula is C15H14N2O2. The maximum atomic E-state index is 12.0. The molecule has 2 aromatic rings. The molecule has 0 atom stereocenters. The normalized spacial score (nSPS) is 9.95. The van der Waals surface area contributed by atoms with Gasteiger partial charge >= 0.3 is 0 Å². The van der Waals surface area contributed by atoms with Crippen molar-refractivity contribution in [2.75, 3.05) is 5.32 Å². The van der Waals surface area contributed by atoms with Gasteiger partial charge in [-0.3, -0.25) is 9.59 Å². The van der Waals surface area contributed by atoms with Crippen LogP contribution in [0.1, 0.15) is 26.3 Å². The molecule has 3 N–H and O–H groups in total. The van der Waals surface area contributed by atoms with E-state index in [0.717, 1.165) is 5.56 Å². The van der Waals surface area contributed by atoms with E-state index < -0.39 is 5.91 Å². The van der Waals surface area contributed by atoms with E-state index in [-0.39, 0.29) is 5.91 Å². The first-order valence-corrected chi connectivity index (χ1v) is 5.84. The van der Waals surface area contributed by atoms with E-state index in [9.17, 15) is 9.59 Å². The Bertz CT molecular complexity index is 636. The second-order valence-electron chi connectivity index (χ2n) is 4.27. The molecule has 0 bridgehead atoms. The van der Waals surface area contributed by atoms with Crippen LogP contribution in [0, 0.1) is 6.92 Å². The summed E-state index contributed by atoms with van der Waals surface area (Å²) in [7, 11) is 0. The van der Waals surface area contributed by atoms with Gasteiger partial charge < -0.3 is 11.1 Å². The summed E-state index contributed by atoms with van der Waals surface area (Å²) in [6.07, 6.45) is 0. The van der Waals surface area contributed by atoms with Gasteiger partial charge in [0.05, 0.1) is 0 Å². The number of amides is 2. The maximum absolute atomic E-state index is 12.0. The number of benzene rings is 2. The predicted molar refractivity (Wildman–Crippen MR) is 74.1 cm³/mol. The molecule has 4 heteroatoms. The smallest absolute Gasteiger partial charge is 0.255 e. The number of hydrogen-bond donors (Lipinski definition) is 2. The first-order chi connectivity index (χ1) is 9.06. The highest BCUT2D eigenvalue weighted by Gasteiger charge is 2.07. The third-order valence-corrected chi connectivity index (χ3v) is 2.69. The van der Waals surface area contributed by atoms with E-state index in [0.29, 0.717) is 16.8 Å². The molecule has 0 aliphatic heterocycles. The van der Waals surface area contributed by atoms with Crippen LogP contribution in [0.5, 0.6) is 0 Å². The Labute approximate surface area is 111 Å². The molecule has 96 valence electrons. The Morgan fingerprint density at radius 3 is 2.37 bits per heavy atom. The standard InChI is InChI=1S/C15H14N2O2/c1-10-4-2-6-12(8-10)15(19)17-13-7-3-5-11(9-13)14(16)18/h2-9H,1H3,(H2,16,18)(H,17,19). The molecule has 0 radical (unpaired) electrons. The van der Waals surface area contributed by atoms with E-state index in [2.05, 4.69) is 5.32 Å². The van der Waals surface area contributed by atoms with Crippen molar-refractivity contribution in [2.24, 2.45) is 5.73 Å². The van der Waals surface area contributed by atoms with Crippen molar-refractivity contribution < 1.29 is 9.59 Å². The molecule has 2 amide bonds. The van der Waals surface area contributed by atoms with Crippen LogP contribution in [0.15, 0.2) is 48.5 Å². The quantitative estimate of drug-likeness (QED) is 0.882. The van der Waals surface area contributed by atoms with E-state index in [1.807, 2.05) is 19.1 Å². The molecule has 0 saturated carbocycles. The fraction of sp³-hybridized carbons (Fsp3) is 0.0667. The minimum absolute atomic E-state index is 0.217. The highest BCUT2D eigenvalue weighted by molar-refractivity contribution is 6.05. The van der Waals surface area contributed by atoms with E-state index >= 15 is 0 Å². The molecule has 4 nitrogen and oxygen atoms in total. The zero-order chi connectivity index (χ0) is 13.8. The van der Waals surface area contributed by atoms with E-state index in [4.69, 9.17) is 5.73 Å². The lowest BCUT2D eigenvalue weighted by Crippen LogP contribution is -2.14. The van der Waals surface area contributed by atoms with Crippen molar-refractivity contribution in [3.05, 3.63) is 65.2 Å². The summed E-state index contributed by atoms with van der Waals surface area (Å²) >= 11 is 0. The molecule has 2 aromatic carbocycles. The summed E-state index contributed by atoms with van der Waals surface area (Å²) in [5.74, 6) is -0.739. The van der Waals surface area contributed by atoms with Gasteiger partial charge in [-0.2, -0.15) is 0 Å². The highest BCUT2D eigenvalue weighted by atomic mass is 16.2. The first-order valence-electron chi connectivity index (χ1n) is 5.84. The van der Waals surface area contributed by atoms with Crippen LogP contribution < -0.4 is 11.1 Å². The zero-order valence-corrected chi connectivity index (χ0v) is 10.5. The molecule has 0 aliphatic carbocycles. The summed E-state index contributed by atoms with van der Waals surface area (Å²) in [4.78, 5) is 23.1. The minimum atomic E-state index is -0.522. The number of carbonyl (C=O) groups is 2. The van der Waals surface area contributed by atoms with E-state index in [1.54, 1.807) is 36.4 Å². The van der Waals surface area contributed by atoms with Gasteiger partial charge in [0.2, 0.25) is 5.91 Å². The number of aryl methyl sites for hydroxylation is 1. The van der Waals surface area contributed by atoms with Crippen molar-refractivity contribution >= 4 is 17.5 Å². The largest absolute Gasteiger partial charge is 0.366 e. The van der Waals surface area contributed by atoms with Gasteiger partial charge in [0.1, 0.15) is 0 Å². The predicted octanol–water partition coefficient (Wildman–Crippen LogP) is 2.35. The first kappa shape index (κ1) is 12.8. The molecule has 0 unspecified atom stereocenters. The van der Waals surface area contributed by atoms with Gasteiger partial charge in [0, 0.05) is 16.8 Å². The minimum Gasteiger partial charge on any atom is -0.366 e. The van der Waals surface area contributed by atoms with E-state index in [1.165, 1.54) is 0 Å². The monoisotopic (exact) mass is 254 g/mol. The van der Waals surface area contributed by atoms with Gasteiger partial charge in [-0.1, -0.05) is 23.8 Å². The topological polar surface area (TPSA) is 72.2 Å². The molecule has 2 rings (SSSR count). The number of nitrogens with two attached hydrogens (primary N) is 1. The third-order valence-electron chi connectivity index (χ3n) is 2.69. The fourth-order valence-corrected chi connectivity index (χ4v) is 1.74. The second-order valence-corrected chi connectivity index (χ2v) is 4.27. The summed E-state index contributed by atoms with van der Waals surface area (Å²) < 4.78 is 0. The molecule has 0 spiro atoms. The molecular weight excluding hydrogens is 240 g/mol. The van der Waals surface area contributed by atoms with Crippen LogP contribution in [0.25, 0.3) is 0 Å². The Morgan fingerprint density at radius 2 is 1.68 bits per heavy atom. The molecule has 0 heterocycles. The summed E-state index contributed by atoms with van der Waals surface area (Å²) in [5.41, 5.74) is 7.69. The fourth-order valence-electron chi connectivity index (χ4n) is 1.74. The average Bonchev–Trinajstić information content (AvgIpc) is 2.39. The van der Waals surface area contributed by atoms with Gasteiger partial charge in [-0.25, -0.2) is 0 Å². The van der Waals surface area contributed by atoms with Crippen molar-refractivity contribution in [3.63, 3.8) is 0 Å². The second kappa shape index (κ2) is 5.35. The lowest BCUT2D eigenvalue weighted by atomic mass is 10.1. The third kappa shape index (κ3) is 3.19. The van der Waals surface area contributed by atoms with Crippen molar-refractivity contribution in [1.82, 2.24) is 0 Å². The average molecular weight is 254 g/mol. The Hall–Kier alpha value is -2.62. The van der Waals surface area contributed by atoms with Gasteiger partial charge in [-0.05, 0) is 37.3 Å². The number of hydrogen-bond acceptors (Lipinski definition) is 2. The molecule has 0 fully saturated rings. The van der Waals surface area contributed by atoms with Gasteiger partial charge in [0.15, 0.2) is 0 Å². The molecule has 0 aromatic heterocycles.